The van der Waals surface area contributed by atoms with E-state index in [0.29, 0.717) is 31.6 Å². The molecule has 0 heterocycles. The van der Waals surface area contributed by atoms with Crippen molar-refractivity contribution in [3.8, 4) is 0 Å². The number of carbonyl (C=O) groups is 3. The number of nitrogens with zero attached hydrogens (tertiary/aromatic N) is 2. The van der Waals surface area contributed by atoms with Gasteiger partial charge in [-0.3, -0.25) is 19.8 Å². The molecule has 0 aromatic heterocycles. The summed E-state index contributed by atoms with van der Waals surface area (Å²) in [6.45, 7) is 6.18. The molecule has 27 heavy (non-hydrogen) atoms. The molecule has 10 heteroatoms. The fourth-order valence-electron chi connectivity index (χ4n) is 2.47. The van der Waals surface area contributed by atoms with Crippen LogP contribution in [-0.2, 0) is 14.4 Å². The molecular formula is C17H34N6O3S. The van der Waals surface area contributed by atoms with Gasteiger partial charge in [0, 0.05) is 32.8 Å². The first-order valence-electron chi connectivity index (χ1n) is 9.03. The highest BCUT2D eigenvalue weighted by Crippen LogP contribution is 2.21. The van der Waals surface area contributed by atoms with Gasteiger partial charge < -0.3 is 26.6 Å². The molecule has 0 aromatic rings. The Morgan fingerprint density at radius 2 is 1.74 bits per heavy atom. The van der Waals surface area contributed by atoms with Gasteiger partial charge in [-0.15, -0.1) is 11.8 Å². The molecule has 3 amide bonds. The zero-order valence-corrected chi connectivity index (χ0v) is 17.8. The van der Waals surface area contributed by atoms with Gasteiger partial charge in [0.05, 0.1) is 0 Å². The first-order chi connectivity index (χ1) is 12.5. The lowest BCUT2D eigenvalue weighted by atomic mass is 10.0. The Bertz CT molecular complexity index is 529. The molecule has 0 spiro atoms. The van der Waals surface area contributed by atoms with E-state index in [1.165, 1.54) is 21.6 Å². The lowest BCUT2D eigenvalue weighted by Crippen LogP contribution is -2.53. The number of primary amides is 1. The number of nitrogens with one attached hydrogen (secondary N) is 2. The summed E-state index contributed by atoms with van der Waals surface area (Å²) in [5.74, 6) is -0.571. The SMILES string of the molecule is CCCC(=O)N(C)C(SCCNC(=N)N)C(=O)N(C)[C@@H](CC(C)C)C(N)=O. The van der Waals surface area contributed by atoms with Crippen LogP contribution in [0.15, 0.2) is 0 Å². The third-order valence-corrected chi connectivity index (χ3v) is 5.23. The van der Waals surface area contributed by atoms with Crippen molar-refractivity contribution in [1.29, 1.82) is 5.41 Å². The molecule has 0 aliphatic carbocycles. The van der Waals surface area contributed by atoms with Crippen LogP contribution in [0.1, 0.15) is 40.0 Å². The summed E-state index contributed by atoms with van der Waals surface area (Å²) in [4.78, 5) is 40.0. The minimum atomic E-state index is -0.781. The van der Waals surface area contributed by atoms with E-state index in [-0.39, 0.29) is 23.7 Å². The number of amides is 3. The summed E-state index contributed by atoms with van der Waals surface area (Å²) in [6, 6.07) is -0.731. The number of hydrogen-bond donors (Lipinski definition) is 4. The van der Waals surface area contributed by atoms with Crippen LogP contribution in [0.2, 0.25) is 0 Å². The Kier molecular flexibility index (Phi) is 11.5. The van der Waals surface area contributed by atoms with Crippen LogP contribution in [-0.4, -0.2) is 71.3 Å². The summed E-state index contributed by atoms with van der Waals surface area (Å²) in [5.41, 5.74) is 10.8. The highest BCUT2D eigenvalue weighted by Gasteiger charge is 2.34. The van der Waals surface area contributed by atoms with Gasteiger partial charge in [-0.1, -0.05) is 20.8 Å². The molecule has 9 nitrogen and oxygen atoms in total. The molecule has 0 aliphatic heterocycles. The van der Waals surface area contributed by atoms with Crippen molar-refractivity contribution < 1.29 is 14.4 Å². The number of nitrogens with two attached hydrogens (primary N) is 2. The number of rotatable bonds is 12. The molecule has 0 radical (unpaired) electrons. The average Bonchev–Trinajstić information content (AvgIpc) is 2.57. The largest absolute Gasteiger partial charge is 0.370 e. The van der Waals surface area contributed by atoms with Crippen LogP contribution in [0.4, 0.5) is 0 Å². The molecule has 6 N–H and O–H groups in total. The first-order valence-corrected chi connectivity index (χ1v) is 10.1. The number of guanidine groups is 1. The maximum absolute atomic E-state index is 13.1. The van der Waals surface area contributed by atoms with E-state index in [0.717, 1.165) is 0 Å². The Labute approximate surface area is 166 Å². The molecule has 0 fully saturated rings. The van der Waals surface area contributed by atoms with E-state index in [2.05, 4.69) is 5.32 Å². The van der Waals surface area contributed by atoms with Crippen molar-refractivity contribution >= 4 is 35.4 Å². The Balaban J connectivity index is 5.34. The minimum absolute atomic E-state index is 0.143. The van der Waals surface area contributed by atoms with E-state index >= 15 is 0 Å². The molecule has 0 rings (SSSR count). The minimum Gasteiger partial charge on any atom is -0.370 e. The van der Waals surface area contributed by atoms with Crippen molar-refractivity contribution in [3.05, 3.63) is 0 Å². The van der Waals surface area contributed by atoms with Crippen LogP contribution in [0.3, 0.4) is 0 Å². The predicted molar refractivity (Wildman–Crippen MR) is 109 cm³/mol. The molecule has 0 aromatic carbocycles. The van der Waals surface area contributed by atoms with Gasteiger partial charge in [-0.05, 0) is 18.8 Å². The van der Waals surface area contributed by atoms with Gasteiger partial charge in [-0.25, -0.2) is 0 Å². The zero-order valence-electron chi connectivity index (χ0n) is 16.9. The Morgan fingerprint density at radius 1 is 1.15 bits per heavy atom. The van der Waals surface area contributed by atoms with Gasteiger partial charge in [0.2, 0.25) is 11.8 Å². The monoisotopic (exact) mass is 402 g/mol. The van der Waals surface area contributed by atoms with Crippen molar-refractivity contribution in [3.63, 3.8) is 0 Å². The fourth-order valence-corrected chi connectivity index (χ4v) is 3.56. The number of carbonyl (C=O) groups excluding carboxylic acids is 3. The molecule has 0 aliphatic rings. The van der Waals surface area contributed by atoms with Crippen LogP contribution < -0.4 is 16.8 Å². The summed E-state index contributed by atoms with van der Waals surface area (Å²) in [6.07, 6.45) is 1.46. The van der Waals surface area contributed by atoms with Crippen molar-refractivity contribution in [2.75, 3.05) is 26.4 Å². The molecular weight excluding hydrogens is 368 g/mol. The standard InChI is InChI=1S/C17H34N6O3S/c1-6-7-13(24)23(5)16(27-9-8-21-17(19)20)15(26)22(4)12(14(18)25)10-11(2)3/h11-12,16H,6-10H2,1-5H3,(H2,18,25)(H4,19,20,21)/t12-,16?/m0/s1. The van der Waals surface area contributed by atoms with Crippen LogP contribution in [0.25, 0.3) is 0 Å². The molecule has 0 bridgehead atoms. The topological polar surface area (TPSA) is 146 Å². The maximum atomic E-state index is 13.1. The smallest absolute Gasteiger partial charge is 0.256 e. The zero-order chi connectivity index (χ0) is 21.1. The van der Waals surface area contributed by atoms with Gasteiger partial charge in [-0.2, -0.15) is 0 Å². The fraction of sp³-hybridized carbons (Fsp3) is 0.765. The Morgan fingerprint density at radius 3 is 2.19 bits per heavy atom. The maximum Gasteiger partial charge on any atom is 0.256 e. The van der Waals surface area contributed by atoms with E-state index in [4.69, 9.17) is 16.9 Å². The third-order valence-electron chi connectivity index (χ3n) is 3.95. The van der Waals surface area contributed by atoms with E-state index in [1.54, 1.807) is 14.1 Å². The van der Waals surface area contributed by atoms with Crippen LogP contribution in [0, 0.1) is 11.3 Å². The van der Waals surface area contributed by atoms with E-state index in [1.807, 2.05) is 20.8 Å². The predicted octanol–water partition coefficient (Wildman–Crippen LogP) is 0.146. The van der Waals surface area contributed by atoms with Gasteiger partial charge in [0.25, 0.3) is 5.91 Å². The highest BCUT2D eigenvalue weighted by molar-refractivity contribution is 8.00. The number of likely N-dealkylation sites (N-methyl/N-ethyl adjacent to an activating group) is 2. The van der Waals surface area contributed by atoms with Gasteiger partial charge in [0.15, 0.2) is 11.3 Å². The quantitative estimate of drug-likeness (QED) is 0.158. The average molecular weight is 403 g/mol. The second-order valence-corrected chi connectivity index (χ2v) is 8.00. The van der Waals surface area contributed by atoms with Gasteiger partial charge >= 0.3 is 0 Å². The first kappa shape index (κ1) is 25.0. The molecule has 1 unspecified atom stereocenters. The summed E-state index contributed by atoms with van der Waals surface area (Å²) in [7, 11) is 3.13. The second kappa shape index (κ2) is 12.4. The molecule has 0 saturated heterocycles. The van der Waals surface area contributed by atoms with E-state index < -0.39 is 17.3 Å². The van der Waals surface area contributed by atoms with Crippen molar-refractivity contribution in [2.24, 2.45) is 17.4 Å². The van der Waals surface area contributed by atoms with Crippen LogP contribution >= 0.6 is 11.8 Å². The highest BCUT2D eigenvalue weighted by atomic mass is 32.2. The normalized spacial score (nSPS) is 13.0. The van der Waals surface area contributed by atoms with Crippen molar-refractivity contribution in [1.82, 2.24) is 15.1 Å². The lowest BCUT2D eigenvalue weighted by molar-refractivity contribution is -0.144. The lowest BCUT2D eigenvalue weighted by Gasteiger charge is -2.34. The number of hydrogen-bond acceptors (Lipinski definition) is 5. The Hall–Kier alpha value is -1.97. The van der Waals surface area contributed by atoms with Crippen LogP contribution in [0.5, 0.6) is 0 Å². The molecule has 2 atom stereocenters. The second-order valence-electron chi connectivity index (χ2n) is 6.82. The molecule has 0 saturated carbocycles. The molecule has 156 valence electrons. The summed E-state index contributed by atoms with van der Waals surface area (Å²) < 4.78 is 0. The summed E-state index contributed by atoms with van der Waals surface area (Å²) >= 11 is 1.26. The van der Waals surface area contributed by atoms with Gasteiger partial charge in [0.1, 0.15) is 6.04 Å². The number of thioether (sulfide) groups is 1. The third kappa shape index (κ3) is 8.98. The van der Waals surface area contributed by atoms with Crippen molar-refractivity contribution in [2.45, 2.75) is 51.4 Å². The summed E-state index contributed by atoms with van der Waals surface area (Å²) in [5, 5.41) is 9.06. The van der Waals surface area contributed by atoms with E-state index in [9.17, 15) is 14.4 Å².